The van der Waals surface area contributed by atoms with E-state index in [1.165, 1.54) is 0 Å². The fraction of sp³-hybridized carbons (Fsp3) is 0.588. The largest absolute Gasteiger partial charge is 0.489 e. The minimum atomic E-state index is 0. The number of rotatable bonds is 6. The average molecular weight is 468 g/mol. The molecule has 136 valence electrons. The summed E-state index contributed by atoms with van der Waals surface area (Å²) in [6.45, 7) is 7.81. The summed E-state index contributed by atoms with van der Waals surface area (Å²) in [5, 5.41) is 7.16. The van der Waals surface area contributed by atoms with E-state index in [1.807, 2.05) is 12.1 Å². The van der Waals surface area contributed by atoms with Gasteiger partial charge in [0.2, 0.25) is 0 Å². The zero-order valence-electron chi connectivity index (χ0n) is 14.4. The summed E-state index contributed by atoms with van der Waals surface area (Å²) in [6, 6.07) is 3.86. The van der Waals surface area contributed by atoms with Crippen LogP contribution in [0.5, 0.6) is 11.5 Å². The molecule has 1 aromatic rings. The predicted molar refractivity (Wildman–Crippen MR) is 110 cm³/mol. The summed E-state index contributed by atoms with van der Waals surface area (Å²) in [5.41, 5.74) is 1.01. The van der Waals surface area contributed by atoms with Gasteiger partial charge in [-0.3, -0.25) is 0 Å². The van der Waals surface area contributed by atoms with E-state index in [0.29, 0.717) is 36.3 Å². The predicted octanol–water partition coefficient (Wildman–Crippen LogP) is 3.97. The lowest BCUT2D eigenvalue weighted by Crippen LogP contribution is -2.37. The van der Waals surface area contributed by atoms with Crippen LogP contribution < -0.4 is 20.1 Å². The second-order valence-corrected chi connectivity index (χ2v) is 5.84. The topological polar surface area (TPSA) is 54.9 Å². The summed E-state index contributed by atoms with van der Waals surface area (Å²) in [6.07, 6.45) is 3.15. The zero-order chi connectivity index (χ0) is 16.5. The third-order valence-electron chi connectivity index (χ3n) is 3.45. The summed E-state index contributed by atoms with van der Waals surface area (Å²) >= 11 is 6.31. The Bertz CT molecular complexity index is 541. The van der Waals surface area contributed by atoms with E-state index < -0.39 is 0 Å². The van der Waals surface area contributed by atoms with Gasteiger partial charge in [-0.15, -0.1) is 24.0 Å². The van der Waals surface area contributed by atoms with Gasteiger partial charge in [0.1, 0.15) is 0 Å². The van der Waals surface area contributed by atoms with E-state index in [9.17, 15) is 0 Å². The van der Waals surface area contributed by atoms with Crippen LogP contribution in [0.1, 0.15) is 38.7 Å². The van der Waals surface area contributed by atoms with Gasteiger partial charge in [-0.2, -0.15) is 0 Å². The van der Waals surface area contributed by atoms with E-state index >= 15 is 0 Å². The molecule has 0 aromatic heterocycles. The molecule has 0 radical (unpaired) electrons. The number of halogens is 2. The lowest BCUT2D eigenvalue weighted by Gasteiger charge is -2.12. The normalized spacial score (nSPS) is 13.7. The first-order valence-corrected chi connectivity index (χ1v) is 8.72. The minimum absolute atomic E-state index is 0. The number of nitrogens with one attached hydrogen (secondary N) is 2. The van der Waals surface area contributed by atoms with Crippen molar-refractivity contribution in [3.63, 3.8) is 0 Å². The molecule has 1 aliphatic rings. The molecule has 0 bridgehead atoms. The molecule has 1 heterocycles. The summed E-state index contributed by atoms with van der Waals surface area (Å²) in [7, 11) is 0. The van der Waals surface area contributed by atoms with Crippen molar-refractivity contribution in [2.24, 2.45) is 4.99 Å². The lowest BCUT2D eigenvalue weighted by atomic mass is 10.2. The number of hydrogen-bond donors (Lipinski definition) is 2. The molecule has 0 unspecified atom stereocenters. The van der Waals surface area contributed by atoms with Crippen molar-refractivity contribution in [2.45, 2.75) is 39.7 Å². The van der Waals surface area contributed by atoms with Gasteiger partial charge >= 0.3 is 0 Å². The Morgan fingerprint density at radius 1 is 1.21 bits per heavy atom. The second kappa shape index (κ2) is 11.6. The molecule has 7 heteroatoms. The highest BCUT2D eigenvalue weighted by molar-refractivity contribution is 14.0. The van der Waals surface area contributed by atoms with E-state index in [-0.39, 0.29) is 24.0 Å². The third kappa shape index (κ3) is 6.55. The maximum absolute atomic E-state index is 6.31. The lowest BCUT2D eigenvalue weighted by molar-refractivity contribution is 0.297. The minimum Gasteiger partial charge on any atom is -0.489 e. The second-order valence-electron chi connectivity index (χ2n) is 5.43. The summed E-state index contributed by atoms with van der Waals surface area (Å²) in [4.78, 5) is 4.61. The Kier molecular flexibility index (Phi) is 10.2. The van der Waals surface area contributed by atoms with Gasteiger partial charge in [0.05, 0.1) is 24.8 Å². The molecule has 0 saturated heterocycles. The Morgan fingerprint density at radius 3 is 2.75 bits per heavy atom. The van der Waals surface area contributed by atoms with Crippen molar-refractivity contribution < 1.29 is 9.47 Å². The molecule has 24 heavy (non-hydrogen) atoms. The van der Waals surface area contributed by atoms with E-state index in [0.717, 1.165) is 43.9 Å². The van der Waals surface area contributed by atoms with Crippen LogP contribution in [0, 0.1) is 0 Å². The van der Waals surface area contributed by atoms with Crippen LogP contribution in [-0.4, -0.2) is 32.3 Å². The smallest absolute Gasteiger partial charge is 0.191 e. The van der Waals surface area contributed by atoms with Crippen molar-refractivity contribution >= 4 is 41.5 Å². The van der Waals surface area contributed by atoms with E-state index in [2.05, 4.69) is 29.5 Å². The number of ether oxygens (including phenoxy) is 2. The molecule has 0 fully saturated rings. The number of fused-ring (bicyclic) bond motifs is 1. The molecule has 1 aromatic carbocycles. The molecule has 0 atom stereocenters. The Balaban J connectivity index is 0.00000288. The quantitative estimate of drug-likeness (QED) is 0.288. The van der Waals surface area contributed by atoms with Gasteiger partial charge in [-0.1, -0.05) is 24.9 Å². The molecule has 5 nitrogen and oxygen atoms in total. The molecule has 0 aliphatic carbocycles. The molecule has 1 aliphatic heterocycles. The molecular formula is C17H27ClIN3O2. The number of aliphatic imine (C=N–C) groups is 1. The van der Waals surface area contributed by atoms with E-state index in [4.69, 9.17) is 21.1 Å². The standard InChI is InChI=1S/C17H26ClN3O2.HI/c1-3-5-7-20-17(19-4-2)21-12-13-10-14(18)16-15(11-13)22-8-6-9-23-16;/h10-11H,3-9,12H2,1-2H3,(H2,19,20,21);1H. The molecule has 0 saturated carbocycles. The van der Waals surface area contributed by atoms with Crippen LogP contribution >= 0.6 is 35.6 Å². The first-order chi connectivity index (χ1) is 11.2. The van der Waals surface area contributed by atoms with Crippen LogP contribution in [0.4, 0.5) is 0 Å². The summed E-state index contributed by atoms with van der Waals surface area (Å²) in [5.74, 6) is 2.18. The van der Waals surface area contributed by atoms with Gasteiger partial charge in [0.25, 0.3) is 0 Å². The number of nitrogens with zero attached hydrogens (tertiary/aromatic N) is 1. The Morgan fingerprint density at radius 2 is 2.00 bits per heavy atom. The van der Waals surface area contributed by atoms with Crippen LogP contribution in [0.25, 0.3) is 0 Å². The van der Waals surface area contributed by atoms with Crippen LogP contribution in [0.2, 0.25) is 5.02 Å². The maximum atomic E-state index is 6.31. The van der Waals surface area contributed by atoms with Gasteiger partial charge in [0.15, 0.2) is 17.5 Å². The van der Waals surface area contributed by atoms with Crippen LogP contribution in [-0.2, 0) is 6.54 Å². The molecular weight excluding hydrogens is 441 g/mol. The molecule has 0 amide bonds. The van der Waals surface area contributed by atoms with Crippen molar-refractivity contribution in [3.05, 3.63) is 22.7 Å². The first kappa shape index (κ1) is 21.2. The molecule has 0 spiro atoms. The van der Waals surface area contributed by atoms with E-state index in [1.54, 1.807) is 0 Å². The van der Waals surface area contributed by atoms with Crippen molar-refractivity contribution in [2.75, 3.05) is 26.3 Å². The Labute approximate surface area is 166 Å². The fourth-order valence-electron chi connectivity index (χ4n) is 2.27. The van der Waals surface area contributed by atoms with Gasteiger partial charge in [-0.05, 0) is 31.0 Å². The van der Waals surface area contributed by atoms with Crippen molar-refractivity contribution in [1.29, 1.82) is 0 Å². The van der Waals surface area contributed by atoms with Gasteiger partial charge < -0.3 is 20.1 Å². The number of unbranched alkanes of at least 4 members (excludes halogenated alkanes) is 1. The summed E-state index contributed by atoms with van der Waals surface area (Å²) < 4.78 is 11.4. The third-order valence-corrected chi connectivity index (χ3v) is 3.73. The number of benzene rings is 1. The Hall–Kier alpha value is -0.890. The van der Waals surface area contributed by atoms with Gasteiger partial charge in [-0.25, -0.2) is 4.99 Å². The molecule has 2 N–H and O–H groups in total. The highest BCUT2D eigenvalue weighted by Crippen LogP contribution is 2.38. The highest BCUT2D eigenvalue weighted by atomic mass is 127. The SMILES string of the molecule is CCCCNC(=NCc1cc(Cl)c2c(c1)OCCCO2)NCC.I. The monoisotopic (exact) mass is 467 g/mol. The number of hydrogen-bond acceptors (Lipinski definition) is 3. The van der Waals surface area contributed by atoms with Gasteiger partial charge in [0, 0.05) is 19.5 Å². The van der Waals surface area contributed by atoms with Crippen LogP contribution in [0.3, 0.4) is 0 Å². The molecule has 2 rings (SSSR count). The maximum Gasteiger partial charge on any atom is 0.191 e. The van der Waals surface area contributed by atoms with Crippen molar-refractivity contribution in [3.8, 4) is 11.5 Å². The fourth-order valence-corrected chi connectivity index (χ4v) is 2.56. The average Bonchev–Trinajstić information content (AvgIpc) is 2.78. The number of guanidine groups is 1. The zero-order valence-corrected chi connectivity index (χ0v) is 17.4. The first-order valence-electron chi connectivity index (χ1n) is 8.34. The van der Waals surface area contributed by atoms with Crippen molar-refractivity contribution in [1.82, 2.24) is 10.6 Å². The highest BCUT2D eigenvalue weighted by Gasteiger charge is 2.15. The van der Waals surface area contributed by atoms with Crippen LogP contribution in [0.15, 0.2) is 17.1 Å².